The number of urea groups is 1. The highest BCUT2D eigenvalue weighted by Crippen LogP contribution is 2.18. The van der Waals surface area contributed by atoms with Crippen LogP contribution < -0.4 is 16.2 Å². The first-order valence-electron chi connectivity index (χ1n) is 8.55. The van der Waals surface area contributed by atoms with Gasteiger partial charge in [0.15, 0.2) is 0 Å². The molecule has 0 fully saturated rings. The Balaban J connectivity index is 1.82. The molecule has 6 nitrogen and oxygen atoms in total. The van der Waals surface area contributed by atoms with E-state index < -0.39 is 6.03 Å². The molecule has 0 saturated heterocycles. The van der Waals surface area contributed by atoms with E-state index in [1.807, 2.05) is 61.5 Å². The van der Waals surface area contributed by atoms with E-state index in [9.17, 15) is 9.59 Å². The van der Waals surface area contributed by atoms with Crippen molar-refractivity contribution in [1.29, 1.82) is 0 Å². The minimum absolute atomic E-state index is 0.206. The van der Waals surface area contributed by atoms with Crippen molar-refractivity contribution >= 4 is 27.6 Å². The number of hydrogen-bond donors (Lipinski definition) is 2. The van der Waals surface area contributed by atoms with Crippen molar-refractivity contribution in [1.82, 2.24) is 14.7 Å². The molecule has 1 atom stereocenters. The summed E-state index contributed by atoms with van der Waals surface area (Å²) in [7, 11) is 1.79. The van der Waals surface area contributed by atoms with Gasteiger partial charge >= 0.3 is 6.03 Å². The average molecular weight is 429 g/mol. The van der Waals surface area contributed by atoms with Crippen molar-refractivity contribution < 1.29 is 4.79 Å². The number of carbonyl (C=O) groups excluding carboxylic acids is 1. The van der Waals surface area contributed by atoms with E-state index in [0.717, 1.165) is 15.7 Å². The van der Waals surface area contributed by atoms with Crippen LogP contribution in [-0.4, -0.2) is 15.4 Å². The Morgan fingerprint density at radius 2 is 1.81 bits per heavy atom. The van der Waals surface area contributed by atoms with Crippen molar-refractivity contribution in [3.8, 4) is 5.69 Å². The van der Waals surface area contributed by atoms with Gasteiger partial charge in [-0.15, -0.1) is 0 Å². The third-order valence-corrected chi connectivity index (χ3v) is 4.98. The third-order valence-electron chi connectivity index (χ3n) is 4.49. The first-order chi connectivity index (χ1) is 12.9. The summed E-state index contributed by atoms with van der Waals surface area (Å²) in [6.07, 6.45) is 0. The highest BCUT2D eigenvalue weighted by molar-refractivity contribution is 9.10. The van der Waals surface area contributed by atoms with Crippen LogP contribution in [-0.2, 0) is 7.05 Å². The highest BCUT2D eigenvalue weighted by Gasteiger charge is 2.19. The number of para-hydroxylation sites is 1. The van der Waals surface area contributed by atoms with Gasteiger partial charge in [-0.1, -0.05) is 46.3 Å². The van der Waals surface area contributed by atoms with Crippen LogP contribution in [0.25, 0.3) is 5.69 Å². The summed E-state index contributed by atoms with van der Waals surface area (Å²) >= 11 is 3.43. The Morgan fingerprint density at radius 1 is 1.11 bits per heavy atom. The number of nitrogens with one attached hydrogen (secondary N) is 2. The molecular formula is C20H21BrN4O2. The molecule has 1 unspecified atom stereocenters. The number of halogens is 1. The SMILES string of the molecule is Cc1c(NC(=O)NC(C)c2cccc(Br)c2)c(=O)n(-c2ccccc2)n1C. The summed E-state index contributed by atoms with van der Waals surface area (Å²) in [5.41, 5.74) is 2.37. The summed E-state index contributed by atoms with van der Waals surface area (Å²) in [5.74, 6) is 0. The maximum Gasteiger partial charge on any atom is 0.319 e. The third kappa shape index (κ3) is 3.98. The molecule has 0 radical (unpaired) electrons. The molecule has 0 aliphatic heterocycles. The van der Waals surface area contributed by atoms with E-state index in [0.29, 0.717) is 5.69 Å². The lowest BCUT2D eigenvalue weighted by molar-refractivity contribution is 0.249. The fourth-order valence-corrected chi connectivity index (χ4v) is 3.33. The number of anilines is 1. The molecule has 2 aromatic carbocycles. The van der Waals surface area contributed by atoms with E-state index in [2.05, 4.69) is 26.6 Å². The van der Waals surface area contributed by atoms with Crippen LogP contribution in [0.3, 0.4) is 0 Å². The van der Waals surface area contributed by atoms with Gasteiger partial charge in [-0.05, 0) is 43.7 Å². The van der Waals surface area contributed by atoms with Gasteiger partial charge in [0, 0.05) is 11.5 Å². The molecule has 0 bridgehead atoms. The molecule has 0 aliphatic rings. The second-order valence-corrected chi connectivity index (χ2v) is 7.23. The lowest BCUT2D eigenvalue weighted by Gasteiger charge is -2.15. The van der Waals surface area contributed by atoms with Crippen molar-refractivity contribution in [2.24, 2.45) is 7.05 Å². The van der Waals surface area contributed by atoms with E-state index in [-0.39, 0.29) is 17.3 Å². The summed E-state index contributed by atoms with van der Waals surface area (Å²) in [6.45, 7) is 3.69. The summed E-state index contributed by atoms with van der Waals surface area (Å²) in [5, 5.41) is 5.58. The zero-order valence-corrected chi connectivity index (χ0v) is 16.9. The molecular weight excluding hydrogens is 408 g/mol. The van der Waals surface area contributed by atoms with Gasteiger partial charge in [0.1, 0.15) is 5.69 Å². The summed E-state index contributed by atoms with van der Waals surface area (Å²) < 4.78 is 4.20. The number of carbonyl (C=O) groups is 1. The van der Waals surface area contributed by atoms with Gasteiger partial charge in [0.25, 0.3) is 5.56 Å². The smallest absolute Gasteiger partial charge is 0.319 e. The fraction of sp³-hybridized carbons (Fsp3) is 0.200. The Kier molecular flexibility index (Phi) is 5.51. The maximum absolute atomic E-state index is 12.8. The van der Waals surface area contributed by atoms with E-state index in [1.165, 1.54) is 4.68 Å². The molecule has 3 aromatic rings. The standard InChI is InChI=1S/C20H21BrN4O2/c1-13(15-8-7-9-16(21)12-15)22-20(27)23-18-14(2)24(3)25(19(18)26)17-10-5-4-6-11-17/h4-13H,1-3H3,(H2,22,23,27). The van der Waals surface area contributed by atoms with Gasteiger partial charge in [-0.3, -0.25) is 9.48 Å². The van der Waals surface area contributed by atoms with E-state index >= 15 is 0 Å². The van der Waals surface area contributed by atoms with Gasteiger partial charge < -0.3 is 10.6 Å². The topological polar surface area (TPSA) is 68.1 Å². The van der Waals surface area contributed by atoms with Crippen molar-refractivity contribution in [2.45, 2.75) is 19.9 Å². The number of rotatable bonds is 4. The van der Waals surface area contributed by atoms with Gasteiger partial charge in [0.2, 0.25) is 0 Å². The molecule has 2 amide bonds. The molecule has 0 spiro atoms. The predicted molar refractivity (Wildman–Crippen MR) is 110 cm³/mol. The number of benzene rings is 2. The van der Waals surface area contributed by atoms with Gasteiger partial charge in [-0.2, -0.15) is 0 Å². The Hall–Kier alpha value is -2.80. The molecule has 27 heavy (non-hydrogen) atoms. The number of nitrogens with zero attached hydrogens (tertiary/aromatic N) is 2. The minimum atomic E-state index is -0.423. The van der Waals surface area contributed by atoms with Crippen LogP contribution in [0, 0.1) is 6.92 Å². The average Bonchev–Trinajstić information content (AvgIpc) is 2.86. The Bertz CT molecular complexity index is 1020. The summed E-state index contributed by atoms with van der Waals surface area (Å²) in [6, 6.07) is 16.4. The maximum atomic E-state index is 12.8. The molecule has 3 rings (SSSR count). The van der Waals surface area contributed by atoms with Crippen LogP contribution in [0.2, 0.25) is 0 Å². The largest absolute Gasteiger partial charge is 0.331 e. The Labute approximate surface area is 165 Å². The highest BCUT2D eigenvalue weighted by atomic mass is 79.9. The second-order valence-electron chi connectivity index (χ2n) is 6.31. The van der Waals surface area contributed by atoms with Crippen LogP contribution in [0.5, 0.6) is 0 Å². The molecule has 7 heteroatoms. The molecule has 1 heterocycles. The van der Waals surface area contributed by atoms with Gasteiger partial charge in [-0.25, -0.2) is 9.48 Å². The lowest BCUT2D eigenvalue weighted by atomic mass is 10.1. The van der Waals surface area contributed by atoms with Crippen LogP contribution in [0.15, 0.2) is 63.9 Å². The minimum Gasteiger partial charge on any atom is -0.331 e. The zero-order valence-electron chi connectivity index (χ0n) is 15.4. The van der Waals surface area contributed by atoms with Crippen molar-refractivity contribution in [3.63, 3.8) is 0 Å². The number of hydrogen-bond acceptors (Lipinski definition) is 2. The van der Waals surface area contributed by atoms with Crippen molar-refractivity contribution in [3.05, 3.63) is 80.7 Å². The fourth-order valence-electron chi connectivity index (χ4n) is 2.92. The Morgan fingerprint density at radius 3 is 2.48 bits per heavy atom. The van der Waals surface area contributed by atoms with E-state index in [1.54, 1.807) is 18.7 Å². The van der Waals surface area contributed by atoms with Gasteiger partial charge in [0.05, 0.1) is 17.4 Å². The second kappa shape index (κ2) is 7.84. The van der Waals surface area contributed by atoms with E-state index in [4.69, 9.17) is 0 Å². The van der Waals surface area contributed by atoms with Crippen LogP contribution in [0.1, 0.15) is 24.2 Å². The molecule has 0 saturated carbocycles. The number of amides is 2. The monoisotopic (exact) mass is 428 g/mol. The van der Waals surface area contributed by atoms with Crippen molar-refractivity contribution in [2.75, 3.05) is 5.32 Å². The normalized spacial score (nSPS) is 11.9. The molecule has 1 aromatic heterocycles. The first kappa shape index (κ1) is 19.0. The predicted octanol–water partition coefficient (Wildman–Crippen LogP) is 4.13. The molecule has 140 valence electrons. The molecule has 0 aliphatic carbocycles. The number of aromatic nitrogens is 2. The van der Waals surface area contributed by atoms with Crippen LogP contribution in [0.4, 0.5) is 10.5 Å². The quantitative estimate of drug-likeness (QED) is 0.655. The first-order valence-corrected chi connectivity index (χ1v) is 9.35. The lowest BCUT2D eigenvalue weighted by Crippen LogP contribution is -2.33. The zero-order chi connectivity index (χ0) is 19.6. The summed E-state index contributed by atoms with van der Waals surface area (Å²) in [4.78, 5) is 25.3. The van der Waals surface area contributed by atoms with Crippen LogP contribution >= 0.6 is 15.9 Å². The molecule has 2 N–H and O–H groups in total.